The third-order valence-electron chi connectivity index (χ3n) is 5.69. The minimum Gasteiger partial charge on any atom is -0.481 e. The van der Waals surface area contributed by atoms with Crippen molar-refractivity contribution in [3.05, 3.63) is 12.2 Å². The van der Waals surface area contributed by atoms with Crippen LogP contribution >= 0.6 is 0 Å². The summed E-state index contributed by atoms with van der Waals surface area (Å²) in [5, 5.41) is 20.4. The van der Waals surface area contributed by atoms with Crippen molar-refractivity contribution in [3.63, 3.8) is 0 Å². The second-order valence-corrected chi connectivity index (χ2v) is 14.7. The second kappa shape index (κ2) is 4.70. The SMILES string of the molecule is CC(C)(C)C1(C(=O)O)C2C=CC(C2)C1(C[Si](C)(C)C)C(=O)O. The van der Waals surface area contributed by atoms with Crippen LogP contribution < -0.4 is 0 Å². The highest BCUT2D eigenvalue weighted by Gasteiger charge is 2.77. The molecule has 2 aliphatic carbocycles. The molecule has 0 heterocycles. The zero-order chi connectivity index (χ0) is 17.1. The van der Waals surface area contributed by atoms with E-state index in [0.29, 0.717) is 12.5 Å². The van der Waals surface area contributed by atoms with Crippen LogP contribution in [0.3, 0.4) is 0 Å². The first-order valence-electron chi connectivity index (χ1n) is 7.96. The summed E-state index contributed by atoms with van der Waals surface area (Å²) >= 11 is 0. The summed E-state index contributed by atoms with van der Waals surface area (Å²) in [6, 6.07) is 0.504. The maximum absolute atomic E-state index is 12.5. The summed E-state index contributed by atoms with van der Waals surface area (Å²) in [6.45, 7) is 12.0. The Morgan fingerprint density at radius 2 is 1.59 bits per heavy atom. The van der Waals surface area contributed by atoms with Crippen LogP contribution in [0.2, 0.25) is 25.7 Å². The Morgan fingerprint density at radius 1 is 1.09 bits per heavy atom. The first-order valence-corrected chi connectivity index (χ1v) is 11.7. The maximum Gasteiger partial charge on any atom is 0.311 e. The van der Waals surface area contributed by atoms with Gasteiger partial charge in [-0.05, 0) is 29.7 Å². The van der Waals surface area contributed by atoms with Gasteiger partial charge in [0.1, 0.15) is 0 Å². The number of carboxylic acids is 2. The van der Waals surface area contributed by atoms with Gasteiger partial charge in [-0.25, -0.2) is 0 Å². The molecule has 0 aliphatic heterocycles. The molecule has 2 aliphatic rings. The first kappa shape index (κ1) is 17.3. The highest BCUT2D eigenvalue weighted by Crippen LogP contribution is 2.72. The lowest BCUT2D eigenvalue weighted by Gasteiger charge is -2.54. The predicted molar refractivity (Wildman–Crippen MR) is 88.5 cm³/mol. The highest BCUT2D eigenvalue weighted by atomic mass is 28.3. The van der Waals surface area contributed by atoms with Gasteiger partial charge in [0.2, 0.25) is 0 Å². The molecule has 124 valence electrons. The molecule has 0 radical (unpaired) electrons. The zero-order valence-electron chi connectivity index (χ0n) is 14.4. The van der Waals surface area contributed by atoms with Gasteiger partial charge < -0.3 is 10.2 Å². The Kier molecular flexibility index (Phi) is 3.68. The standard InChI is InChI=1S/C17H28O4Si/c1-15(2,3)17(14(20)21)12-8-7-11(9-12)16(17,13(18)19)10-22(4,5)6/h7-8,11-12H,9-10H2,1-6H3,(H,18,19)(H,20,21). The molecule has 2 bridgehead atoms. The van der Waals surface area contributed by atoms with E-state index in [2.05, 4.69) is 19.6 Å². The van der Waals surface area contributed by atoms with Gasteiger partial charge in [0, 0.05) is 8.07 Å². The Balaban J connectivity index is 2.81. The van der Waals surface area contributed by atoms with E-state index in [0.717, 1.165) is 0 Å². The van der Waals surface area contributed by atoms with Crippen LogP contribution in [0.25, 0.3) is 0 Å². The smallest absolute Gasteiger partial charge is 0.311 e. The van der Waals surface area contributed by atoms with Crippen molar-refractivity contribution in [2.24, 2.45) is 28.1 Å². The van der Waals surface area contributed by atoms with E-state index < -0.39 is 36.3 Å². The van der Waals surface area contributed by atoms with E-state index in [1.165, 1.54) is 0 Å². The summed E-state index contributed by atoms with van der Waals surface area (Å²) in [4.78, 5) is 25.0. The summed E-state index contributed by atoms with van der Waals surface area (Å²) in [5.41, 5.74) is -3.06. The molecule has 1 fully saturated rings. The van der Waals surface area contributed by atoms with E-state index in [4.69, 9.17) is 0 Å². The number of allylic oxidation sites excluding steroid dienone is 2. The Bertz CT molecular complexity index is 540. The fourth-order valence-corrected chi connectivity index (χ4v) is 7.78. The van der Waals surface area contributed by atoms with Crippen molar-refractivity contribution < 1.29 is 19.8 Å². The van der Waals surface area contributed by atoms with Crippen LogP contribution in [0, 0.1) is 28.1 Å². The largest absolute Gasteiger partial charge is 0.481 e. The summed E-state index contributed by atoms with van der Waals surface area (Å²) in [5.74, 6) is -2.24. The molecule has 22 heavy (non-hydrogen) atoms. The van der Waals surface area contributed by atoms with Crippen molar-refractivity contribution in [1.82, 2.24) is 0 Å². The third-order valence-corrected chi connectivity index (χ3v) is 7.31. The number of carboxylic acid groups (broad SMARTS) is 2. The molecular formula is C17H28O4Si. The van der Waals surface area contributed by atoms with Gasteiger partial charge >= 0.3 is 11.9 Å². The van der Waals surface area contributed by atoms with Crippen LogP contribution in [0.4, 0.5) is 0 Å². The predicted octanol–water partition coefficient (Wildman–Crippen LogP) is 3.72. The number of hydrogen-bond acceptors (Lipinski definition) is 2. The van der Waals surface area contributed by atoms with E-state index in [1.54, 1.807) is 0 Å². The van der Waals surface area contributed by atoms with Gasteiger partial charge in [-0.15, -0.1) is 0 Å². The highest BCUT2D eigenvalue weighted by molar-refractivity contribution is 6.76. The van der Waals surface area contributed by atoms with E-state index in [1.807, 2.05) is 32.9 Å². The minimum atomic E-state index is -1.79. The minimum absolute atomic E-state index is 0.169. The zero-order valence-corrected chi connectivity index (χ0v) is 15.4. The summed E-state index contributed by atoms with van der Waals surface area (Å²) in [7, 11) is -1.79. The normalized spacial score (nSPS) is 37.5. The van der Waals surface area contributed by atoms with Crippen LogP contribution in [-0.4, -0.2) is 30.2 Å². The lowest BCUT2D eigenvalue weighted by Crippen LogP contribution is -2.62. The molecule has 4 unspecified atom stereocenters. The molecule has 4 atom stereocenters. The van der Waals surface area contributed by atoms with E-state index >= 15 is 0 Å². The van der Waals surface area contributed by atoms with Crippen molar-refractivity contribution in [1.29, 1.82) is 0 Å². The van der Waals surface area contributed by atoms with Crippen molar-refractivity contribution in [2.75, 3.05) is 0 Å². The van der Waals surface area contributed by atoms with Gasteiger partial charge in [-0.2, -0.15) is 0 Å². The average Bonchev–Trinajstić information content (AvgIpc) is 2.82. The molecule has 2 N–H and O–H groups in total. The van der Waals surface area contributed by atoms with Crippen LogP contribution in [-0.2, 0) is 9.59 Å². The monoisotopic (exact) mass is 324 g/mol. The van der Waals surface area contributed by atoms with Crippen molar-refractivity contribution in [2.45, 2.75) is 52.9 Å². The lowest BCUT2D eigenvalue weighted by atomic mass is 9.48. The van der Waals surface area contributed by atoms with E-state index in [-0.39, 0.29) is 11.8 Å². The molecule has 1 saturated carbocycles. The summed E-state index contributed by atoms with van der Waals surface area (Å²) < 4.78 is 0. The topological polar surface area (TPSA) is 74.6 Å². The van der Waals surface area contributed by atoms with Gasteiger partial charge in [0.05, 0.1) is 10.8 Å². The van der Waals surface area contributed by atoms with Gasteiger partial charge in [0.15, 0.2) is 0 Å². The lowest BCUT2D eigenvalue weighted by molar-refractivity contribution is -0.187. The third kappa shape index (κ3) is 1.94. The van der Waals surface area contributed by atoms with Gasteiger partial charge in [-0.3, -0.25) is 9.59 Å². The fourth-order valence-electron chi connectivity index (χ4n) is 5.41. The number of hydrogen-bond donors (Lipinski definition) is 2. The van der Waals surface area contributed by atoms with Crippen LogP contribution in [0.1, 0.15) is 27.2 Å². The molecule has 0 aromatic carbocycles. The fraction of sp³-hybridized carbons (Fsp3) is 0.765. The molecule has 2 rings (SSSR count). The Hall–Kier alpha value is -1.10. The van der Waals surface area contributed by atoms with Crippen LogP contribution in [0.15, 0.2) is 12.2 Å². The number of carbonyl (C=O) groups is 2. The molecule has 0 aromatic rings. The summed E-state index contributed by atoms with van der Waals surface area (Å²) in [6.07, 6.45) is 4.57. The van der Waals surface area contributed by atoms with Crippen molar-refractivity contribution >= 4 is 20.0 Å². The molecule has 4 nitrogen and oxygen atoms in total. The number of fused-ring (bicyclic) bond motifs is 2. The van der Waals surface area contributed by atoms with Gasteiger partial charge in [-0.1, -0.05) is 52.6 Å². The molecule has 0 spiro atoms. The van der Waals surface area contributed by atoms with Crippen molar-refractivity contribution in [3.8, 4) is 0 Å². The van der Waals surface area contributed by atoms with E-state index in [9.17, 15) is 19.8 Å². The molecule has 0 aromatic heterocycles. The molecular weight excluding hydrogens is 296 g/mol. The maximum atomic E-state index is 12.5. The molecule has 5 heteroatoms. The van der Waals surface area contributed by atoms with Crippen LogP contribution in [0.5, 0.6) is 0 Å². The molecule has 0 amide bonds. The second-order valence-electron chi connectivity index (χ2n) is 9.21. The average molecular weight is 324 g/mol. The molecule has 0 saturated heterocycles. The Morgan fingerprint density at radius 3 is 1.95 bits per heavy atom. The Labute approximate surface area is 133 Å². The quantitative estimate of drug-likeness (QED) is 0.610. The number of rotatable bonds is 4. The van der Waals surface area contributed by atoms with Gasteiger partial charge in [0.25, 0.3) is 0 Å². The number of aliphatic carboxylic acids is 2. The first-order chi connectivity index (χ1) is 9.80.